The lowest BCUT2D eigenvalue weighted by Crippen LogP contribution is -2.29. The van der Waals surface area contributed by atoms with Gasteiger partial charge in [0.1, 0.15) is 0 Å². The number of nitrogens with two attached hydrogens (primary N) is 1. The quantitative estimate of drug-likeness (QED) is 0.849. The van der Waals surface area contributed by atoms with Crippen LogP contribution < -0.4 is 5.73 Å². The van der Waals surface area contributed by atoms with Crippen molar-refractivity contribution < 1.29 is 0 Å². The van der Waals surface area contributed by atoms with Crippen molar-refractivity contribution in [3.63, 3.8) is 0 Å². The van der Waals surface area contributed by atoms with Crippen LogP contribution in [0.2, 0.25) is 0 Å². The molecule has 0 saturated heterocycles. The molecule has 0 fully saturated rings. The fourth-order valence-electron chi connectivity index (χ4n) is 1.85. The minimum absolute atomic E-state index is 0.413. The van der Waals surface area contributed by atoms with E-state index >= 15 is 0 Å². The number of aromatic nitrogens is 1. The first-order valence-electron chi connectivity index (χ1n) is 5.65. The minimum Gasteiger partial charge on any atom is -0.330 e. The maximum absolute atomic E-state index is 5.67. The van der Waals surface area contributed by atoms with Crippen LogP contribution in [0.4, 0.5) is 0 Å². The van der Waals surface area contributed by atoms with E-state index in [4.69, 9.17) is 10.7 Å². The van der Waals surface area contributed by atoms with E-state index in [9.17, 15) is 0 Å². The van der Waals surface area contributed by atoms with Gasteiger partial charge in [-0.1, -0.05) is 13.8 Å². The average Bonchev–Trinajstić information content (AvgIpc) is 2.70. The van der Waals surface area contributed by atoms with Crippen LogP contribution in [0.5, 0.6) is 0 Å². The third-order valence-electron chi connectivity index (χ3n) is 3.05. The number of nitrogens with zero attached hydrogens (tertiary/aromatic N) is 2. The number of hydrogen-bond donors (Lipinski definition) is 1. The first kappa shape index (κ1) is 11.0. The number of likely N-dealkylation sites (N-methyl/N-ethyl adjacent to an activating group) is 1. The summed E-state index contributed by atoms with van der Waals surface area (Å²) >= 11 is 1.85. The van der Waals surface area contributed by atoms with Crippen molar-refractivity contribution >= 4 is 11.3 Å². The third kappa shape index (κ3) is 2.22. The number of rotatable bonds is 3. The summed E-state index contributed by atoms with van der Waals surface area (Å²) in [6.07, 6.45) is 1.11. The molecule has 0 aliphatic carbocycles. The van der Waals surface area contributed by atoms with Gasteiger partial charge in [-0.05, 0) is 6.54 Å². The lowest BCUT2D eigenvalue weighted by atomic mass is 10.1. The molecule has 1 atom stereocenters. The molecule has 2 rings (SSSR count). The minimum atomic E-state index is 0.413. The van der Waals surface area contributed by atoms with Crippen LogP contribution in [0.15, 0.2) is 0 Å². The van der Waals surface area contributed by atoms with Gasteiger partial charge in [-0.2, -0.15) is 0 Å². The molecule has 1 aliphatic rings. The van der Waals surface area contributed by atoms with Gasteiger partial charge in [0.25, 0.3) is 0 Å². The van der Waals surface area contributed by atoms with E-state index < -0.39 is 0 Å². The Morgan fingerprint density at radius 3 is 3.07 bits per heavy atom. The Morgan fingerprint density at radius 1 is 1.60 bits per heavy atom. The molecule has 1 aliphatic heterocycles. The Kier molecular flexibility index (Phi) is 3.38. The highest BCUT2D eigenvalue weighted by atomic mass is 32.1. The molecule has 4 heteroatoms. The zero-order chi connectivity index (χ0) is 10.8. The lowest BCUT2D eigenvalue weighted by Gasteiger charge is -2.23. The Bertz CT molecular complexity index is 335. The summed E-state index contributed by atoms with van der Waals surface area (Å²) in [5, 5.41) is 1.22. The van der Waals surface area contributed by atoms with E-state index in [-0.39, 0.29) is 0 Å². The Morgan fingerprint density at radius 2 is 2.40 bits per heavy atom. The van der Waals surface area contributed by atoms with E-state index in [1.165, 1.54) is 15.6 Å². The van der Waals surface area contributed by atoms with Crippen LogP contribution in [-0.2, 0) is 13.0 Å². The molecule has 2 heterocycles. The summed E-state index contributed by atoms with van der Waals surface area (Å²) in [5.74, 6) is 0.413. The predicted octanol–water partition coefficient (Wildman–Crippen LogP) is 1.58. The van der Waals surface area contributed by atoms with E-state index in [1.54, 1.807) is 0 Å². The Balaban J connectivity index is 2.18. The van der Waals surface area contributed by atoms with Crippen molar-refractivity contribution in [2.24, 2.45) is 5.73 Å². The molecule has 84 valence electrons. The van der Waals surface area contributed by atoms with Crippen LogP contribution in [0.25, 0.3) is 0 Å². The Hall–Kier alpha value is -0.450. The van der Waals surface area contributed by atoms with E-state index in [2.05, 4.69) is 18.7 Å². The van der Waals surface area contributed by atoms with E-state index in [0.717, 1.165) is 26.1 Å². The molecule has 2 N–H and O–H groups in total. The molecule has 0 amide bonds. The number of thiazole rings is 1. The van der Waals surface area contributed by atoms with Gasteiger partial charge in [-0.15, -0.1) is 11.3 Å². The molecule has 0 radical (unpaired) electrons. The first-order chi connectivity index (χ1) is 7.24. The zero-order valence-corrected chi connectivity index (χ0v) is 10.3. The number of hydrogen-bond acceptors (Lipinski definition) is 4. The average molecular weight is 225 g/mol. The normalized spacial score (nSPS) is 18.9. The summed E-state index contributed by atoms with van der Waals surface area (Å²) in [6, 6.07) is 0. The second kappa shape index (κ2) is 4.60. The third-order valence-corrected chi connectivity index (χ3v) is 4.36. The van der Waals surface area contributed by atoms with Crippen molar-refractivity contribution in [3.05, 3.63) is 15.6 Å². The molecule has 0 aromatic carbocycles. The predicted molar refractivity (Wildman–Crippen MR) is 64.2 cm³/mol. The molecule has 0 bridgehead atoms. The molecule has 15 heavy (non-hydrogen) atoms. The molecule has 1 unspecified atom stereocenters. The largest absolute Gasteiger partial charge is 0.330 e. The second-order valence-corrected chi connectivity index (χ2v) is 5.29. The van der Waals surface area contributed by atoms with Gasteiger partial charge in [0.05, 0.1) is 10.7 Å². The first-order valence-corrected chi connectivity index (χ1v) is 6.47. The fourth-order valence-corrected chi connectivity index (χ4v) is 3.07. The highest BCUT2D eigenvalue weighted by Gasteiger charge is 2.20. The van der Waals surface area contributed by atoms with Crippen molar-refractivity contribution in [2.75, 3.05) is 19.6 Å². The highest BCUT2D eigenvalue weighted by molar-refractivity contribution is 7.11. The van der Waals surface area contributed by atoms with Crippen LogP contribution in [0.1, 0.15) is 35.3 Å². The van der Waals surface area contributed by atoms with E-state index in [1.807, 2.05) is 11.3 Å². The fraction of sp³-hybridized carbons (Fsp3) is 0.727. The smallest absolute Gasteiger partial charge is 0.0972 e. The molecule has 1 aromatic heterocycles. The SMILES string of the molecule is CCN1CCc2nc(C(C)CN)sc2C1. The maximum atomic E-state index is 5.67. The summed E-state index contributed by atoms with van der Waals surface area (Å²) < 4.78 is 0. The van der Waals surface area contributed by atoms with Gasteiger partial charge >= 0.3 is 0 Å². The van der Waals surface area contributed by atoms with Crippen molar-refractivity contribution in [1.82, 2.24) is 9.88 Å². The maximum Gasteiger partial charge on any atom is 0.0972 e. The number of fused-ring (bicyclic) bond motifs is 1. The van der Waals surface area contributed by atoms with E-state index in [0.29, 0.717) is 12.5 Å². The molecule has 0 saturated carbocycles. The van der Waals surface area contributed by atoms with Gasteiger partial charge < -0.3 is 5.73 Å². The second-order valence-electron chi connectivity index (χ2n) is 4.18. The van der Waals surface area contributed by atoms with Crippen molar-refractivity contribution in [3.8, 4) is 0 Å². The zero-order valence-electron chi connectivity index (χ0n) is 9.49. The molecular formula is C11H19N3S. The highest BCUT2D eigenvalue weighted by Crippen LogP contribution is 2.28. The van der Waals surface area contributed by atoms with Crippen LogP contribution in [0, 0.1) is 0 Å². The van der Waals surface area contributed by atoms with Crippen LogP contribution in [0.3, 0.4) is 0 Å². The van der Waals surface area contributed by atoms with Gasteiger partial charge in [0.15, 0.2) is 0 Å². The monoisotopic (exact) mass is 225 g/mol. The topological polar surface area (TPSA) is 42.2 Å². The molecule has 1 aromatic rings. The van der Waals surface area contributed by atoms with Gasteiger partial charge in [-0.3, -0.25) is 4.90 Å². The lowest BCUT2D eigenvalue weighted by molar-refractivity contribution is 0.269. The van der Waals surface area contributed by atoms with Crippen molar-refractivity contribution in [1.29, 1.82) is 0 Å². The van der Waals surface area contributed by atoms with Crippen LogP contribution in [-0.4, -0.2) is 29.5 Å². The summed E-state index contributed by atoms with van der Waals surface area (Å²) in [7, 11) is 0. The summed E-state index contributed by atoms with van der Waals surface area (Å²) in [6.45, 7) is 8.45. The molecule has 0 spiro atoms. The molecular weight excluding hydrogens is 206 g/mol. The summed E-state index contributed by atoms with van der Waals surface area (Å²) in [5.41, 5.74) is 6.99. The van der Waals surface area contributed by atoms with Gasteiger partial charge in [0.2, 0.25) is 0 Å². The Labute approximate surface area is 95.3 Å². The van der Waals surface area contributed by atoms with Gasteiger partial charge in [-0.25, -0.2) is 4.98 Å². The van der Waals surface area contributed by atoms with Crippen LogP contribution >= 0.6 is 11.3 Å². The summed E-state index contributed by atoms with van der Waals surface area (Å²) in [4.78, 5) is 8.63. The molecule has 3 nitrogen and oxygen atoms in total. The van der Waals surface area contributed by atoms with Crippen molar-refractivity contribution in [2.45, 2.75) is 32.7 Å². The standard InChI is InChI=1S/C11H19N3S/c1-3-14-5-4-9-10(7-14)15-11(13-9)8(2)6-12/h8H,3-7,12H2,1-2H3. The van der Waals surface area contributed by atoms with Gasteiger partial charge in [0, 0.05) is 36.9 Å².